The van der Waals surface area contributed by atoms with Gasteiger partial charge in [-0.15, -0.1) is 0 Å². The lowest BCUT2D eigenvalue weighted by Gasteiger charge is -2.41. The second-order valence-electron chi connectivity index (χ2n) is 7.05. The molecule has 0 bridgehead atoms. The van der Waals surface area contributed by atoms with Gasteiger partial charge in [0.15, 0.2) is 0 Å². The topological polar surface area (TPSA) is 9.23 Å². The van der Waals surface area contributed by atoms with Crippen molar-refractivity contribution in [2.75, 3.05) is 0 Å². The fourth-order valence-electron chi connectivity index (χ4n) is 2.35. The highest BCUT2D eigenvalue weighted by Crippen LogP contribution is 2.62. The standard InChI is InChI=1S/C16F26O/c17-1(5(21)22)9(29,2(18)6(23)24)11(31,32)13(35,36)15(39,40)43-16(41,42)14(37,38)12(33,34)10(30,3(19)7(25)26)4(20)8(27)28. The van der Waals surface area contributed by atoms with E-state index in [0.717, 1.165) is 4.74 Å². The number of hydrogen-bond donors (Lipinski definition) is 0. The number of ether oxygens (including phenoxy) is 1. The third kappa shape index (κ3) is 5.71. The van der Waals surface area contributed by atoms with Gasteiger partial charge < -0.3 is 0 Å². The van der Waals surface area contributed by atoms with Crippen LogP contribution in [0.5, 0.6) is 0 Å². The van der Waals surface area contributed by atoms with Crippen molar-refractivity contribution in [2.24, 2.45) is 0 Å². The Labute approximate surface area is 215 Å². The molecule has 0 aromatic carbocycles. The lowest BCUT2D eigenvalue weighted by Crippen LogP contribution is -2.69. The van der Waals surface area contributed by atoms with Crippen LogP contribution in [0.15, 0.2) is 47.6 Å². The first-order chi connectivity index (χ1) is 18.6. The molecule has 1 nitrogen and oxygen atoms in total. The van der Waals surface area contributed by atoms with Crippen LogP contribution in [0.4, 0.5) is 114 Å². The summed E-state index contributed by atoms with van der Waals surface area (Å²) in [5, 5.41) is 0. The molecule has 0 aliphatic heterocycles. The molecule has 27 heteroatoms. The molecule has 0 N–H and O–H groups in total. The number of alkyl halides is 14. The molecule has 0 fully saturated rings. The lowest BCUT2D eigenvalue weighted by atomic mass is 9.88. The summed E-state index contributed by atoms with van der Waals surface area (Å²) in [6.07, 6.45) is -37.0. The summed E-state index contributed by atoms with van der Waals surface area (Å²) in [7, 11) is 0. The van der Waals surface area contributed by atoms with Crippen LogP contribution in [0.3, 0.4) is 0 Å². The van der Waals surface area contributed by atoms with Gasteiger partial charge in [-0.1, -0.05) is 0 Å². The molecule has 0 atom stereocenters. The second-order valence-corrected chi connectivity index (χ2v) is 7.05. The van der Waals surface area contributed by atoms with E-state index in [1.807, 2.05) is 0 Å². The fourth-order valence-corrected chi connectivity index (χ4v) is 2.35. The van der Waals surface area contributed by atoms with Gasteiger partial charge in [0.05, 0.1) is 0 Å². The Balaban J connectivity index is 7.50. The van der Waals surface area contributed by atoms with Gasteiger partial charge in [0.25, 0.3) is 11.3 Å². The monoisotopic (exact) mass is 702 g/mol. The molecular formula is C16F26O. The lowest BCUT2D eigenvalue weighted by molar-refractivity contribution is -0.507. The van der Waals surface area contributed by atoms with Gasteiger partial charge in [0, 0.05) is 0 Å². The van der Waals surface area contributed by atoms with Crippen LogP contribution in [0.25, 0.3) is 0 Å². The van der Waals surface area contributed by atoms with E-state index in [0.29, 0.717) is 0 Å². The fraction of sp³-hybridized carbons (Fsp3) is 0.500. The first-order valence-electron chi connectivity index (χ1n) is 8.82. The van der Waals surface area contributed by atoms with Crippen LogP contribution in [0, 0.1) is 0 Å². The Morgan fingerprint density at radius 2 is 0.442 bits per heavy atom. The predicted octanol–water partition coefficient (Wildman–Crippen LogP) is 10.5. The van der Waals surface area contributed by atoms with Crippen LogP contribution in [-0.2, 0) is 4.74 Å². The number of hydrogen-bond acceptors (Lipinski definition) is 1. The Morgan fingerprint density at radius 3 is 0.581 bits per heavy atom. The quantitative estimate of drug-likeness (QED) is 0.184. The minimum atomic E-state index is -8.93. The number of allylic oxidation sites excluding steroid dienone is 4. The van der Waals surface area contributed by atoms with E-state index in [-0.39, 0.29) is 0 Å². The Bertz CT molecular complexity index is 1050. The molecule has 0 heterocycles. The number of rotatable bonds is 12. The van der Waals surface area contributed by atoms with Crippen molar-refractivity contribution in [3.05, 3.63) is 47.6 Å². The molecule has 0 unspecified atom stereocenters. The minimum absolute atomic E-state index is 0.915. The highest BCUT2D eigenvalue weighted by molar-refractivity contribution is 5.34. The van der Waals surface area contributed by atoms with E-state index in [1.165, 1.54) is 0 Å². The third-order valence-electron chi connectivity index (χ3n) is 4.51. The Kier molecular flexibility index (Phi) is 10.8. The van der Waals surface area contributed by atoms with Crippen LogP contribution in [0.1, 0.15) is 0 Å². The van der Waals surface area contributed by atoms with Gasteiger partial charge in [0.1, 0.15) is 0 Å². The van der Waals surface area contributed by atoms with Crippen molar-refractivity contribution in [2.45, 2.75) is 47.2 Å². The summed E-state index contributed by atoms with van der Waals surface area (Å²) in [6.45, 7) is 0. The maximum Gasteiger partial charge on any atom is 0.430 e. The minimum Gasteiger partial charge on any atom is -0.245 e. The number of halogens is 26. The van der Waals surface area contributed by atoms with Crippen LogP contribution in [0.2, 0.25) is 0 Å². The predicted molar refractivity (Wildman–Crippen MR) is 79.8 cm³/mol. The van der Waals surface area contributed by atoms with Gasteiger partial charge in [-0.2, -0.15) is 87.8 Å². The molecule has 0 aliphatic rings. The highest BCUT2D eigenvalue weighted by atomic mass is 19.4. The van der Waals surface area contributed by atoms with E-state index >= 15 is 0 Å². The molecule has 0 saturated heterocycles. The molecule has 0 saturated carbocycles. The molecule has 0 aliphatic carbocycles. The zero-order chi connectivity index (χ0) is 35.3. The van der Waals surface area contributed by atoms with Crippen molar-refractivity contribution >= 4 is 0 Å². The molecule has 252 valence electrons. The zero-order valence-electron chi connectivity index (χ0n) is 18.2. The summed E-state index contributed by atoms with van der Waals surface area (Å²) in [5.41, 5.74) is -15.9. The van der Waals surface area contributed by atoms with Crippen molar-refractivity contribution < 1.29 is 119 Å². The smallest absolute Gasteiger partial charge is 0.245 e. The molecule has 0 aromatic rings. The Hall–Kier alpha value is -2.90. The van der Waals surface area contributed by atoms with E-state index in [4.69, 9.17) is 0 Å². The van der Waals surface area contributed by atoms with Gasteiger partial charge in [-0.3, -0.25) is 0 Å². The van der Waals surface area contributed by atoms with E-state index < -0.39 is 94.9 Å². The molecule has 0 radical (unpaired) electrons. The highest BCUT2D eigenvalue weighted by Gasteiger charge is 2.89. The van der Waals surface area contributed by atoms with E-state index in [9.17, 15) is 114 Å². The Morgan fingerprint density at radius 1 is 0.279 bits per heavy atom. The average molecular weight is 702 g/mol. The van der Waals surface area contributed by atoms with Crippen LogP contribution in [-0.4, -0.2) is 47.2 Å². The maximum atomic E-state index is 14.0. The second kappa shape index (κ2) is 11.6. The SMILES string of the molecule is FC(F)=C(F)C(F)(C(F)=C(F)F)C(F)(F)C(F)(F)C(F)(F)OC(F)(F)C(F)(F)C(F)(F)C(F)(C(F)=C(F)F)C(F)=C(F)F. The van der Waals surface area contributed by atoms with Crippen molar-refractivity contribution in [1.82, 2.24) is 0 Å². The molecule has 0 aromatic heterocycles. The molecule has 0 amide bonds. The summed E-state index contributed by atoms with van der Waals surface area (Å²) < 4.78 is 344. The normalized spacial score (nSPS) is 14.4. The zero-order valence-corrected chi connectivity index (χ0v) is 18.2. The van der Waals surface area contributed by atoms with Crippen LogP contribution < -0.4 is 0 Å². The van der Waals surface area contributed by atoms with Crippen LogP contribution >= 0.6 is 0 Å². The van der Waals surface area contributed by atoms with E-state index in [1.54, 1.807) is 0 Å². The van der Waals surface area contributed by atoms with Gasteiger partial charge in [-0.25, -0.2) is 31.1 Å². The van der Waals surface area contributed by atoms with Gasteiger partial charge in [-0.05, 0) is 0 Å². The molecule has 43 heavy (non-hydrogen) atoms. The molecule has 0 rings (SSSR count). The van der Waals surface area contributed by atoms with E-state index in [2.05, 4.69) is 0 Å². The van der Waals surface area contributed by atoms with Crippen molar-refractivity contribution in [1.29, 1.82) is 0 Å². The summed E-state index contributed by atoms with van der Waals surface area (Å²) in [5.74, 6) is -56.1. The largest absolute Gasteiger partial charge is 0.430 e. The first kappa shape index (κ1) is 40.1. The molecular weight excluding hydrogens is 702 g/mol. The van der Waals surface area contributed by atoms with Gasteiger partial charge in [0.2, 0.25) is 23.3 Å². The first-order valence-corrected chi connectivity index (χ1v) is 8.82. The summed E-state index contributed by atoms with van der Waals surface area (Å²) >= 11 is 0. The summed E-state index contributed by atoms with van der Waals surface area (Å²) in [4.78, 5) is 0. The average Bonchev–Trinajstić information content (AvgIpc) is 2.83. The maximum absolute atomic E-state index is 14.0. The van der Waals surface area contributed by atoms with Gasteiger partial charge >= 0.3 is 60.2 Å². The summed E-state index contributed by atoms with van der Waals surface area (Å²) in [6, 6.07) is 0. The van der Waals surface area contributed by atoms with Crippen molar-refractivity contribution in [3.63, 3.8) is 0 Å². The third-order valence-corrected chi connectivity index (χ3v) is 4.51. The molecule has 0 spiro atoms. The van der Waals surface area contributed by atoms with Crippen molar-refractivity contribution in [3.8, 4) is 0 Å².